The second-order valence-corrected chi connectivity index (χ2v) is 4.14. The maximum atomic E-state index is 12.1. The van der Waals surface area contributed by atoms with E-state index >= 15 is 0 Å². The van der Waals surface area contributed by atoms with Crippen molar-refractivity contribution in [3.63, 3.8) is 0 Å². The standard InChI is InChI=1S/C14H17N3O/c15-8-13(12-4-2-1-3-5-12)14(18)17-10-11-6-7-16-9-11/h1-7,9,13,16H,8,10,15H2,(H,17,18). The molecule has 18 heavy (non-hydrogen) atoms. The molecule has 4 N–H and O–H groups in total. The van der Waals surface area contributed by atoms with Crippen LogP contribution < -0.4 is 11.1 Å². The Balaban J connectivity index is 1.98. The van der Waals surface area contributed by atoms with Crippen LogP contribution >= 0.6 is 0 Å². The van der Waals surface area contributed by atoms with Crippen molar-refractivity contribution in [2.45, 2.75) is 12.5 Å². The number of benzene rings is 1. The van der Waals surface area contributed by atoms with Gasteiger partial charge in [0.25, 0.3) is 0 Å². The molecule has 0 saturated carbocycles. The summed E-state index contributed by atoms with van der Waals surface area (Å²) in [7, 11) is 0. The van der Waals surface area contributed by atoms with Crippen molar-refractivity contribution < 1.29 is 4.79 Å². The second-order valence-electron chi connectivity index (χ2n) is 4.14. The molecule has 1 amide bonds. The summed E-state index contributed by atoms with van der Waals surface area (Å²) in [5.41, 5.74) is 7.69. The first kappa shape index (κ1) is 12.4. The van der Waals surface area contributed by atoms with Crippen LogP contribution in [0.4, 0.5) is 0 Å². The molecule has 1 heterocycles. The lowest BCUT2D eigenvalue weighted by atomic mass is 9.98. The van der Waals surface area contributed by atoms with Crippen LogP contribution in [0.5, 0.6) is 0 Å². The third-order valence-corrected chi connectivity index (χ3v) is 2.88. The zero-order chi connectivity index (χ0) is 12.8. The Morgan fingerprint density at radius 1 is 1.28 bits per heavy atom. The molecule has 0 aliphatic rings. The number of aromatic nitrogens is 1. The van der Waals surface area contributed by atoms with Crippen LogP contribution in [0.3, 0.4) is 0 Å². The summed E-state index contributed by atoms with van der Waals surface area (Å²) in [5.74, 6) is -0.324. The zero-order valence-corrected chi connectivity index (χ0v) is 10.1. The van der Waals surface area contributed by atoms with Gasteiger partial charge in [0.1, 0.15) is 0 Å². The monoisotopic (exact) mass is 243 g/mol. The SMILES string of the molecule is NCC(C(=O)NCc1cc[nH]c1)c1ccccc1. The number of rotatable bonds is 5. The van der Waals surface area contributed by atoms with Gasteiger partial charge in [-0.05, 0) is 17.2 Å². The minimum atomic E-state index is -0.287. The quantitative estimate of drug-likeness (QED) is 0.742. The van der Waals surface area contributed by atoms with Crippen molar-refractivity contribution >= 4 is 5.91 Å². The first-order valence-electron chi connectivity index (χ1n) is 5.95. The Morgan fingerprint density at radius 3 is 2.67 bits per heavy atom. The van der Waals surface area contributed by atoms with Gasteiger partial charge in [-0.15, -0.1) is 0 Å². The molecule has 1 atom stereocenters. The van der Waals surface area contributed by atoms with Crippen molar-refractivity contribution in [3.8, 4) is 0 Å². The third kappa shape index (κ3) is 2.99. The van der Waals surface area contributed by atoms with Crippen LogP contribution in [-0.4, -0.2) is 17.4 Å². The molecule has 4 nitrogen and oxygen atoms in total. The molecular formula is C14H17N3O. The Bertz CT molecular complexity index is 479. The smallest absolute Gasteiger partial charge is 0.229 e. The minimum Gasteiger partial charge on any atom is -0.367 e. The van der Waals surface area contributed by atoms with Crippen LogP contribution in [0, 0.1) is 0 Å². The Labute approximate surface area is 106 Å². The highest BCUT2D eigenvalue weighted by atomic mass is 16.1. The Hall–Kier alpha value is -2.07. The van der Waals surface area contributed by atoms with Crippen LogP contribution in [0.2, 0.25) is 0 Å². The van der Waals surface area contributed by atoms with Crippen molar-refractivity contribution in [1.82, 2.24) is 10.3 Å². The van der Waals surface area contributed by atoms with E-state index in [1.807, 2.05) is 48.8 Å². The molecule has 0 bridgehead atoms. The van der Waals surface area contributed by atoms with Crippen molar-refractivity contribution in [2.75, 3.05) is 6.54 Å². The number of hydrogen-bond acceptors (Lipinski definition) is 2. The number of hydrogen-bond donors (Lipinski definition) is 3. The van der Waals surface area contributed by atoms with Gasteiger partial charge in [-0.1, -0.05) is 30.3 Å². The Morgan fingerprint density at radius 2 is 2.06 bits per heavy atom. The third-order valence-electron chi connectivity index (χ3n) is 2.88. The van der Waals surface area contributed by atoms with E-state index in [1.165, 1.54) is 0 Å². The predicted molar refractivity (Wildman–Crippen MR) is 70.9 cm³/mol. The van der Waals surface area contributed by atoms with Gasteiger partial charge in [-0.25, -0.2) is 0 Å². The fourth-order valence-corrected chi connectivity index (χ4v) is 1.86. The second kappa shape index (κ2) is 6.02. The van der Waals surface area contributed by atoms with Gasteiger partial charge in [0, 0.05) is 25.5 Å². The van der Waals surface area contributed by atoms with Gasteiger partial charge >= 0.3 is 0 Å². The molecule has 0 saturated heterocycles. The van der Waals surface area contributed by atoms with Crippen LogP contribution in [0.1, 0.15) is 17.0 Å². The molecule has 94 valence electrons. The number of nitrogens with two attached hydrogens (primary N) is 1. The molecule has 1 aromatic heterocycles. The number of H-pyrrole nitrogens is 1. The summed E-state index contributed by atoms with van der Waals surface area (Å²) in [6.45, 7) is 0.828. The summed E-state index contributed by atoms with van der Waals surface area (Å²) in [4.78, 5) is 15.0. The first-order chi connectivity index (χ1) is 8.81. The fraction of sp³-hybridized carbons (Fsp3) is 0.214. The average Bonchev–Trinajstić information content (AvgIpc) is 2.92. The summed E-state index contributed by atoms with van der Waals surface area (Å²) in [5, 5.41) is 2.90. The molecule has 1 unspecified atom stereocenters. The van der Waals surface area contributed by atoms with Crippen LogP contribution in [-0.2, 0) is 11.3 Å². The average molecular weight is 243 g/mol. The fourth-order valence-electron chi connectivity index (χ4n) is 1.86. The molecule has 2 rings (SSSR count). The Kier molecular flexibility index (Phi) is 4.15. The van der Waals surface area contributed by atoms with E-state index < -0.39 is 0 Å². The van der Waals surface area contributed by atoms with Crippen LogP contribution in [0.25, 0.3) is 0 Å². The molecule has 0 aliphatic heterocycles. The van der Waals surface area contributed by atoms with E-state index in [0.29, 0.717) is 13.1 Å². The largest absolute Gasteiger partial charge is 0.367 e. The zero-order valence-electron chi connectivity index (χ0n) is 10.1. The minimum absolute atomic E-state index is 0.0371. The van der Waals surface area contributed by atoms with Gasteiger partial charge in [-0.2, -0.15) is 0 Å². The molecule has 0 spiro atoms. The number of carbonyl (C=O) groups is 1. The molecule has 0 radical (unpaired) electrons. The summed E-state index contributed by atoms with van der Waals surface area (Å²) in [6.07, 6.45) is 3.69. The van der Waals surface area contributed by atoms with Gasteiger partial charge in [0.2, 0.25) is 5.91 Å². The summed E-state index contributed by atoms with van der Waals surface area (Å²) >= 11 is 0. The van der Waals surface area contributed by atoms with Gasteiger partial charge in [0.05, 0.1) is 5.92 Å². The van der Waals surface area contributed by atoms with E-state index in [4.69, 9.17) is 5.73 Å². The van der Waals surface area contributed by atoms with Crippen molar-refractivity contribution in [2.24, 2.45) is 5.73 Å². The normalized spacial score (nSPS) is 12.1. The van der Waals surface area contributed by atoms with E-state index in [0.717, 1.165) is 11.1 Å². The molecule has 0 fully saturated rings. The van der Waals surface area contributed by atoms with Crippen molar-refractivity contribution in [1.29, 1.82) is 0 Å². The molecule has 2 aromatic rings. The lowest BCUT2D eigenvalue weighted by Crippen LogP contribution is -2.32. The lowest BCUT2D eigenvalue weighted by molar-refractivity contribution is -0.122. The molecule has 1 aromatic carbocycles. The highest BCUT2D eigenvalue weighted by Gasteiger charge is 2.18. The lowest BCUT2D eigenvalue weighted by Gasteiger charge is -2.14. The highest BCUT2D eigenvalue weighted by Crippen LogP contribution is 2.14. The molecular weight excluding hydrogens is 226 g/mol. The number of nitrogens with one attached hydrogen (secondary N) is 2. The highest BCUT2D eigenvalue weighted by molar-refractivity contribution is 5.83. The molecule has 0 aliphatic carbocycles. The number of aromatic amines is 1. The molecule has 4 heteroatoms. The topological polar surface area (TPSA) is 70.9 Å². The number of carbonyl (C=O) groups excluding carboxylic acids is 1. The first-order valence-corrected chi connectivity index (χ1v) is 5.95. The van der Waals surface area contributed by atoms with E-state index in [1.54, 1.807) is 0 Å². The van der Waals surface area contributed by atoms with E-state index in [2.05, 4.69) is 10.3 Å². The predicted octanol–water partition coefficient (Wildman–Crippen LogP) is 1.37. The van der Waals surface area contributed by atoms with E-state index in [9.17, 15) is 4.79 Å². The van der Waals surface area contributed by atoms with Gasteiger partial charge < -0.3 is 16.0 Å². The van der Waals surface area contributed by atoms with Gasteiger partial charge in [0.15, 0.2) is 0 Å². The van der Waals surface area contributed by atoms with Crippen molar-refractivity contribution in [3.05, 3.63) is 59.9 Å². The van der Waals surface area contributed by atoms with Gasteiger partial charge in [-0.3, -0.25) is 4.79 Å². The number of amides is 1. The van der Waals surface area contributed by atoms with E-state index in [-0.39, 0.29) is 11.8 Å². The summed E-state index contributed by atoms with van der Waals surface area (Å²) in [6, 6.07) is 11.5. The maximum absolute atomic E-state index is 12.1. The maximum Gasteiger partial charge on any atom is 0.229 e. The van der Waals surface area contributed by atoms with Crippen LogP contribution in [0.15, 0.2) is 48.8 Å². The summed E-state index contributed by atoms with van der Waals surface area (Å²) < 4.78 is 0.